The second-order valence-electron chi connectivity index (χ2n) is 0.402. The Hall–Kier alpha value is 0.560. The van der Waals surface area contributed by atoms with Crippen LogP contribution in [0.2, 0.25) is 0 Å². The van der Waals surface area contributed by atoms with Crippen LogP contribution in [0.4, 0.5) is 0 Å². The molecule has 0 aliphatic heterocycles. The van der Waals surface area contributed by atoms with E-state index in [2.05, 4.69) is 23.7 Å². The predicted molar refractivity (Wildman–Crippen MR) is 30.9 cm³/mol. The number of nitrogens with two attached hydrogens (primary N) is 2. The fraction of sp³-hybridized carbons (Fsp3) is 0. The van der Waals surface area contributed by atoms with E-state index in [1.54, 1.807) is 0 Å². The van der Waals surface area contributed by atoms with Crippen molar-refractivity contribution in [1.29, 1.82) is 0 Å². The van der Waals surface area contributed by atoms with Gasteiger partial charge in [0.15, 0.2) is 5.11 Å². The third-order valence-corrected chi connectivity index (χ3v) is 0. The maximum absolute atomic E-state index is 4.62. The number of hydrogen-bond acceptors (Lipinski definition) is 1. The van der Waals surface area contributed by atoms with E-state index in [9.17, 15) is 0 Å². The minimum absolute atomic E-state index is 0. The molecule has 0 amide bonds. The van der Waals surface area contributed by atoms with E-state index < -0.39 is 0 Å². The minimum atomic E-state index is 0. The second-order valence-corrected chi connectivity index (χ2v) is 0.874. The second kappa shape index (κ2) is 4.56. The molecule has 0 atom stereocenters. The van der Waals surface area contributed by atoms with Crippen LogP contribution >= 0.6 is 12.2 Å². The first-order chi connectivity index (χ1) is 1.73. The third kappa shape index (κ3) is 95.3. The number of thiocarbonyl (C=S) groups is 1. The van der Waals surface area contributed by atoms with Crippen molar-refractivity contribution >= 4 is 43.2 Å². The summed E-state index contributed by atoms with van der Waals surface area (Å²) in [6.07, 6.45) is 0. The summed E-state index contributed by atoms with van der Waals surface area (Å²) in [5.41, 5.74) is 9.24. The molecule has 0 heterocycles. The summed E-state index contributed by atoms with van der Waals surface area (Å²) in [4.78, 5) is 0. The molecule has 0 aromatic heterocycles. The Labute approximate surface area is 54.7 Å². The summed E-state index contributed by atoms with van der Waals surface area (Å²) in [5.74, 6) is 0. The predicted octanol–water partition coefficient (Wildman–Crippen LogP) is -2.00. The summed E-state index contributed by atoms with van der Waals surface area (Å²) < 4.78 is 0. The van der Waals surface area contributed by atoms with Crippen molar-refractivity contribution in [3.05, 3.63) is 0 Å². The van der Waals surface area contributed by atoms with Crippen molar-refractivity contribution in [1.82, 2.24) is 0 Å². The van der Waals surface area contributed by atoms with Crippen LogP contribution in [0.5, 0.6) is 0 Å². The van der Waals surface area contributed by atoms with Gasteiger partial charge in [-0.3, -0.25) is 0 Å². The standard InChI is InChI=1S/CH4N2S.In.3H/c2-1(3)4;;;;/h(H4,2,3,4);;;;. The van der Waals surface area contributed by atoms with Crippen LogP contribution in [0.15, 0.2) is 0 Å². The SMILES string of the molecule is NC(N)=S.[InH3]. The summed E-state index contributed by atoms with van der Waals surface area (Å²) in [6, 6.07) is 0. The van der Waals surface area contributed by atoms with Crippen molar-refractivity contribution in [3.63, 3.8) is 0 Å². The van der Waals surface area contributed by atoms with Crippen molar-refractivity contribution in [2.45, 2.75) is 0 Å². The molecule has 4 N–H and O–H groups in total. The molecule has 30 valence electrons. The number of rotatable bonds is 0. The van der Waals surface area contributed by atoms with Gasteiger partial charge in [0.25, 0.3) is 0 Å². The zero-order valence-electron chi connectivity index (χ0n) is 2.06. The Morgan fingerprint density at radius 1 is 1.40 bits per heavy atom. The molecule has 0 aromatic carbocycles. The molecule has 2 nitrogen and oxygen atoms in total. The first-order valence-electron chi connectivity index (χ1n) is 0.781. The van der Waals surface area contributed by atoms with Crippen molar-refractivity contribution in [2.75, 3.05) is 0 Å². The van der Waals surface area contributed by atoms with Gasteiger partial charge in [-0.1, -0.05) is 0 Å². The van der Waals surface area contributed by atoms with Crippen LogP contribution in [0, 0.1) is 0 Å². The van der Waals surface area contributed by atoms with E-state index in [0.29, 0.717) is 0 Å². The third-order valence-electron chi connectivity index (χ3n) is 0. The number of hydrogen-bond donors (Lipinski definition) is 2. The van der Waals surface area contributed by atoms with Gasteiger partial charge in [-0.05, 0) is 12.2 Å². The fourth-order valence-corrected chi connectivity index (χ4v) is 0. The zero-order valence-corrected chi connectivity index (χ0v) is 2.88. The Morgan fingerprint density at radius 3 is 1.40 bits per heavy atom. The van der Waals surface area contributed by atoms with Crippen molar-refractivity contribution in [2.24, 2.45) is 11.5 Å². The molecule has 0 rings (SSSR count). The van der Waals surface area contributed by atoms with Crippen molar-refractivity contribution in [3.8, 4) is 0 Å². The molecule has 0 radical (unpaired) electrons. The molecular weight excluding hydrogens is 187 g/mol. The summed E-state index contributed by atoms with van der Waals surface area (Å²) >= 11 is 4.09. The van der Waals surface area contributed by atoms with Gasteiger partial charge in [0, 0.05) is 0 Å². The fourth-order valence-electron chi connectivity index (χ4n) is 0. The molecule has 0 fully saturated rings. The normalized spacial score (nSPS) is 4.80. The monoisotopic (exact) mass is 194 g/mol. The van der Waals surface area contributed by atoms with Crippen LogP contribution < -0.4 is 11.5 Å². The first kappa shape index (κ1) is 9.12. The van der Waals surface area contributed by atoms with Gasteiger partial charge in [0.2, 0.25) is 0 Å². The van der Waals surface area contributed by atoms with Gasteiger partial charge in [0.05, 0.1) is 0 Å². The van der Waals surface area contributed by atoms with E-state index in [1.165, 1.54) is 0 Å². The van der Waals surface area contributed by atoms with Crippen LogP contribution in [-0.4, -0.2) is 31.0 Å². The molecule has 0 unspecified atom stereocenters. The summed E-state index contributed by atoms with van der Waals surface area (Å²) in [7, 11) is 0. The van der Waals surface area contributed by atoms with Crippen LogP contribution in [0.1, 0.15) is 0 Å². The van der Waals surface area contributed by atoms with Gasteiger partial charge in [-0.2, -0.15) is 0 Å². The van der Waals surface area contributed by atoms with Gasteiger partial charge in [-0.25, -0.2) is 0 Å². The van der Waals surface area contributed by atoms with E-state index in [1.807, 2.05) is 0 Å². The van der Waals surface area contributed by atoms with E-state index in [0.717, 1.165) is 0 Å². The van der Waals surface area contributed by atoms with Crippen LogP contribution in [0.25, 0.3) is 0 Å². The summed E-state index contributed by atoms with van der Waals surface area (Å²) in [6.45, 7) is 0. The van der Waals surface area contributed by atoms with Crippen LogP contribution in [-0.2, 0) is 0 Å². The Morgan fingerprint density at radius 2 is 1.40 bits per heavy atom. The summed E-state index contributed by atoms with van der Waals surface area (Å²) in [5, 5.41) is 0.000000000000000222. The first-order valence-corrected chi connectivity index (χ1v) is 1.19. The molecule has 5 heavy (non-hydrogen) atoms. The Balaban J connectivity index is 0. The molecule has 0 aromatic rings. The Bertz CT molecular complexity index is 32.6. The molecule has 0 bridgehead atoms. The molecule has 4 heteroatoms. The van der Waals surface area contributed by atoms with Gasteiger partial charge < -0.3 is 11.5 Å². The van der Waals surface area contributed by atoms with Crippen LogP contribution in [0.3, 0.4) is 0 Å². The molecule has 0 aliphatic rings. The zero-order chi connectivity index (χ0) is 3.58. The molecule has 0 saturated carbocycles. The Kier molecular flexibility index (Phi) is 8.32. The van der Waals surface area contributed by atoms with Gasteiger partial charge in [-0.15, -0.1) is 0 Å². The average molecular weight is 194 g/mol. The molecule has 0 saturated heterocycles. The maximum atomic E-state index is 4.62. The van der Waals surface area contributed by atoms with E-state index >= 15 is 0 Å². The molecular formula is CH7InN2S. The van der Waals surface area contributed by atoms with Gasteiger partial charge >= 0.3 is 25.8 Å². The quantitative estimate of drug-likeness (QED) is 0.438. The molecule has 0 aliphatic carbocycles. The van der Waals surface area contributed by atoms with E-state index in [-0.39, 0.29) is 31.0 Å². The average Bonchev–Trinajstić information content (AvgIpc) is 0.811. The topological polar surface area (TPSA) is 52.0 Å². The molecule has 0 spiro atoms. The van der Waals surface area contributed by atoms with E-state index in [4.69, 9.17) is 0 Å². The van der Waals surface area contributed by atoms with Crippen molar-refractivity contribution < 1.29 is 0 Å². The van der Waals surface area contributed by atoms with Gasteiger partial charge in [0.1, 0.15) is 0 Å².